The van der Waals surface area contributed by atoms with Gasteiger partial charge in [-0.3, -0.25) is 4.79 Å². The van der Waals surface area contributed by atoms with Crippen LogP contribution in [0.1, 0.15) is 23.2 Å². The first-order valence-corrected chi connectivity index (χ1v) is 8.02. The highest BCUT2D eigenvalue weighted by Gasteiger charge is 2.21. The van der Waals surface area contributed by atoms with Crippen LogP contribution in [-0.4, -0.2) is 21.3 Å². The SMILES string of the molecule is O=C(O)C(Cc1ccccc1)Sc1ccc2c(n1)CCC2. The number of aromatic nitrogens is 1. The second-order valence-electron chi connectivity index (χ2n) is 5.24. The van der Waals surface area contributed by atoms with Crippen molar-refractivity contribution in [2.24, 2.45) is 0 Å². The van der Waals surface area contributed by atoms with Crippen LogP contribution in [0.5, 0.6) is 0 Å². The van der Waals surface area contributed by atoms with Gasteiger partial charge in [-0.15, -0.1) is 0 Å². The quantitative estimate of drug-likeness (QED) is 0.860. The second-order valence-corrected chi connectivity index (χ2v) is 6.47. The molecule has 1 unspecified atom stereocenters. The van der Waals surface area contributed by atoms with Gasteiger partial charge < -0.3 is 5.11 Å². The van der Waals surface area contributed by atoms with Crippen LogP contribution in [0.2, 0.25) is 0 Å². The molecule has 0 amide bonds. The van der Waals surface area contributed by atoms with Crippen LogP contribution in [0.25, 0.3) is 0 Å². The first-order chi connectivity index (χ1) is 10.2. The molecule has 21 heavy (non-hydrogen) atoms. The highest BCUT2D eigenvalue weighted by atomic mass is 32.2. The van der Waals surface area contributed by atoms with Crippen molar-refractivity contribution in [3.8, 4) is 0 Å². The molecule has 4 heteroatoms. The summed E-state index contributed by atoms with van der Waals surface area (Å²) < 4.78 is 0. The highest BCUT2D eigenvalue weighted by Crippen LogP contribution is 2.28. The van der Waals surface area contributed by atoms with E-state index in [1.807, 2.05) is 36.4 Å². The minimum absolute atomic E-state index is 0.501. The number of pyridine rings is 1. The van der Waals surface area contributed by atoms with Gasteiger partial charge in [-0.05, 0) is 42.9 Å². The summed E-state index contributed by atoms with van der Waals surface area (Å²) >= 11 is 1.35. The van der Waals surface area contributed by atoms with Gasteiger partial charge in [-0.1, -0.05) is 48.2 Å². The van der Waals surface area contributed by atoms with Crippen LogP contribution >= 0.6 is 11.8 Å². The lowest BCUT2D eigenvalue weighted by Gasteiger charge is -2.12. The fraction of sp³-hybridized carbons (Fsp3) is 0.294. The van der Waals surface area contributed by atoms with E-state index >= 15 is 0 Å². The monoisotopic (exact) mass is 299 g/mol. The van der Waals surface area contributed by atoms with Gasteiger partial charge in [-0.2, -0.15) is 0 Å². The number of nitrogens with zero attached hydrogens (tertiary/aromatic N) is 1. The Hall–Kier alpha value is -1.81. The third-order valence-corrected chi connectivity index (χ3v) is 4.83. The summed E-state index contributed by atoms with van der Waals surface area (Å²) in [6.07, 6.45) is 3.78. The summed E-state index contributed by atoms with van der Waals surface area (Å²) in [6, 6.07) is 13.8. The van der Waals surface area contributed by atoms with E-state index in [-0.39, 0.29) is 0 Å². The van der Waals surface area contributed by atoms with Gasteiger partial charge >= 0.3 is 5.97 Å². The fourth-order valence-electron chi connectivity index (χ4n) is 2.62. The van der Waals surface area contributed by atoms with Crippen molar-refractivity contribution in [3.63, 3.8) is 0 Å². The van der Waals surface area contributed by atoms with E-state index in [4.69, 9.17) is 0 Å². The van der Waals surface area contributed by atoms with Crippen molar-refractivity contribution in [3.05, 3.63) is 59.3 Å². The van der Waals surface area contributed by atoms with Gasteiger partial charge in [0.25, 0.3) is 0 Å². The van der Waals surface area contributed by atoms with Crippen molar-refractivity contribution in [2.45, 2.75) is 36.0 Å². The van der Waals surface area contributed by atoms with Crippen LogP contribution in [0.15, 0.2) is 47.5 Å². The molecule has 1 aliphatic carbocycles. The summed E-state index contributed by atoms with van der Waals surface area (Å²) in [5.74, 6) is -0.786. The third-order valence-electron chi connectivity index (χ3n) is 3.70. The molecule has 108 valence electrons. The Balaban J connectivity index is 1.75. The van der Waals surface area contributed by atoms with Gasteiger partial charge in [0.05, 0.1) is 5.03 Å². The third kappa shape index (κ3) is 3.45. The number of carboxylic acid groups (broad SMARTS) is 1. The first kappa shape index (κ1) is 14.1. The van der Waals surface area contributed by atoms with Crippen LogP contribution in [0.3, 0.4) is 0 Å². The summed E-state index contributed by atoms with van der Waals surface area (Å²) in [5, 5.41) is 9.76. The van der Waals surface area contributed by atoms with Crippen molar-refractivity contribution >= 4 is 17.7 Å². The molecule has 2 aromatic rings. The number of hydrogen-bond donors (Lipinski definition) is 1. The number of carbonyl (C=O) groups is 1. The lowest BCUT2D eigenvalue weighted by molar-refractivity contribution is -0.136. The predicted molar refractivity (Wildman–Crippen MR) is 83.7 cm³/mol. The number of fused-ring (bicyclic) bond motifs is 1. The number of carboxylic acids is 1. The Bertz CT molecular complexity index is 642. The normalized spacial score (nSPS) is 14.7. The largest absolute Gasteiger partial charge is 0.480 e. The summed E-state index contributed by atoms with van der Waals surface area (Å²) in [7, 11) is 0. The van der Waals surface area contributed by atoms with Crippen molar-refractivity contribution in [1.82, 2.24) is 4.98 Å². The molecule has 1 atom stereocenters. The molecule has 3 nitrogen and oxygen atoms in total. The zero-order valence-electron chi connectivity index (χ0n) is 11.7. The molecule has 1 aromatic heterocycles. The molecule has 0 radical (unpaired) electrons. The fourth-order valence-corrected chi connectivity index (χ4v) is 3.60. The Morgan fingerprint density at radius 3 is 2.76 bits per heavy atom. The van der Waals surface area contributed by atoms with Crippen molar-refractivity contribution in [2.75, 3.05) is 0 Å². The molecule has 0 fully saturated rings. The van der Waals surface area contributed by atoms with E-state index in [1.165, 1.54) is 17.3 Å². The number of aliphatic carboxylic acids is 1. The smallest absolute Gasteiger partial charge is 0.317 e. The minimum atomic E-state index is -0.786. The van der Waals surface area contributed by atoms with Gasteiger partial charge in [0, 0.05) is 5.69 Å². The Labute approximate surface area is 128 Å². The molecule has 0 saturated carbocycles. The zero-order chi connectivity index (χ0) is 14.7. The molecular formula is C17H17NO2S. The Morgan fingerprint density at radius 1 is 1.19 bits per heavy atom. The standard InChI is InChI=1S/C17H17NO2S/c19-17(20)15(11-12-5-2-1-3-6-12)21-16-10-9-13-7-4-8-14(13)18-16/h1-3,5-6,9-10,15H,4,7-8,11H2,(H,19,20). The minimum Gasteiger partial charge on any atom is -0.480 e. The number of benzene rings is 1. The molecule has 1 aromatic carbocycles. The topological polar surface area (TPSA) is 50.2 Å². The van der Waals surface area contributed by atoms with Gasteiger partial charge in [-0.25, -0.2) is 4.98 Å². The van der Waals surface area contributed by atoms with E-state index < -0.39 is 11.2 Å². The molecule has 0 saturated heterocycles. The van der Waals surface area contributed by atoms with Gasteiger partial charge in [0.2, 0.25) is 0 Å². The maximum Gasteiger partial charge on any atom is 0.317 e. The van der Waals surface area contributed by atoms with Crippen molar-refractivity contribution in [1.29, 1.82) is 0 Å². The highest BCUT2D eigenvalue weighted by molar-refractivity contribution is 8.00. The summed E-state index contributed by atoms with van der Waals surface area (Å²) in [4.78, 5) is 16.1. The van der Waals surface area contributed by atoms with Crippen LogP contribution < -0.4 is 0 Å². The summed E-state index contributed by atoms with van der Waals surface area (Å²) in [5.41, 5.74) is 3.50. The molecule has 0 spiro atoms. The van der Waals surface area contributed by atoms with Crippen molar-refractivity contribution < 1.29 is 9.90 Å². The molecule has 0 aliphatic heterocycles. The average Bonchev–Trinajstić information content (AvgIpc) is 2.95. The maximum atomic E-state index is 11.5. The number of rotatable bonds is 5. The second kappa shape index (κ2) is 6.31. The van der Waals surface area contributed by atoms with Crippen LogP contribution in [0.4, 0.5) is 0 Å². The van der Waals surface area contributed by atoms with E-state index in [0.29, 0.717) is 6.42 Å². The molecular weight excluding hydrogens is 282 g/mol. The number of hydrogen-bond acceptors (Lipinski definition) is 3. The first-order valence-electron chi connectivity index (χ1n) is 7.14. The Kier molecular flexibility index (Phi) is 4.25. The zero-order valence-corrected chi connectivity index (χ0v) is 12.5. The number of aryl methyl sites for hydroxylation is 2. The predicted octanol–water partition coefficient (Wildman–Crippen LogP) is 3.36. The molecule has 1 heterocycles. The lowest BCUT2D eigenvalue weighted by Crippen LogP contribution is -2.19. The Morgan fingerprint density at radius 2 is 2.00 bits per heavy atom. The molecule has 3 rings (SSSR count). The molecule has 0 bridgehead atoms. The van der Waals surface area contributed by atoms with Gasteiger partial charge in [0.1, 0.15) is 5.25 Å². The van der Waals surface area contributed by atoms with Crippen LogP contribution in [0, 0.1) is 0 Å². The lowest BCUT2D eigenvalue weighted by atomic mass is 10.1. The molecule has 1 aliphatic rings. The average molecular weight is 299 g/mol. The van der Waals surface area contributed by atoms with E-state index in [0.717, 1.165) is 35.5 Å². The van der Waals surface area contributed by atoms with E-state index in [1.54, 1.807) is 0 Å². The van der Waals surface area contributed by atoms with E-state index in [9.17, 15) is 9.90 Å². The van der Waals surface area contributed by atoms with Crippen LogP contribution in [-0.2, 0) is 24.1 Å². The molecule has 1 N–H and O–H groups in total. The maximum absolute atomic E-state index is 11.5. The summed E-state index contributed by atoms with van der Waals surface area (Å²) in [6.45, 7) is 0. The van der Waals surface area contributed by atoms with E-state index in [2.05, 4.69) is 11.1 Å². The van der Waals surface area contributed by atoms with Gasteiger partial charge in [0.15, 0.2) is 0 Å². The number of thioether (sulfide) groups is 1.